The number of nitriles is 2. The third kappa shape index (κ3) is 1.28. The molecule has 2 aliphatic heterocycles. The molecule has 122 valence electrons. The molecule has 3 aliphatic rings. The Labute approximate surface area is 140 Å². The summed E-state index contributed by atoms with van der Waals surface area (Å²) in [7, 11) is 0. The first-order valence-corrected chi connectivity index (χ1v) is 7.97. The molecule has 0 radical (unpaired) electrons. The highest BCUT2D eigenvalue weighted by atomic mass is 16.8. The molecule has 1 spiro atoms. The summed E-state index contributed by atoms with van der Waals surface area (Å²) in [6, 6.07) is 14.4. The highest BCUT2D eigenvalue weighted by molar-refractivity contribution is 6.00. The molecule has 4 rings (SSSR count). The molecule has 0 unspecified atom stereocenters. The Morgan fingerprint density at radius 2 is 2.00 bits per heavy atom. The van der Waals surface area contributed by atoms with Gasteiger partial charge in [0.2, 0.25) is 0 Å². The van der Waals surface area contributed by atoms with E-state index in [0.29, 0.717) is 13.0 Å². The summed E-state index contributed by atoms with van der Waals surface area (Å²) >= 11 is 0. The quantitative estimate of drug-likeness (QED) is 0.892. The average Bonchev–Trinajstić information content (AvgIpc) is 2.77. The van der Waals surface area contributed by atoms with Gasteiger partial charge in [-0.1, -0.05) is 37.3 Å². The monoisotopic (exact) mass is 322 g/mol. The van der Waals surface area contributed by atoms with E-state index in [0.717, 1.165) is 5.56 Å². The van der Waals surface area contributed by atoms with Gasteiger partial charge in [-0.15, -0.1) is 0 Å². The van der Waals surface area contributed by atoms with Crippen LogP contribution in [0.5, 0.6) is 0 Å². The van der Waals surface area contributed by atoms with Crippen LogP contribution in [0.1, 0.15) is 19.4 Å². The summed E-state index contributed by atoms with van der Waals surface area (Å²) in [5.41, 5.74) is 4.03. The molecule has 1 aromatic rings. The van der Waals surface area contributed by atoms with Gasteiger partial charge in [-0.05, 0) is 18.9 Å². The van der Waals surface area contributed by atoms with Gasteiger partial charge < -0.3 is 15.2 Å². The second-order valence-electron chi connectivity index (χ2n) is 7.04. The average molecular weight is 322 g/mol. The number of amidine groups is 1. The van der Waals surface area contributed by atoms with E-state index in [1.807, 2.05) is 44.2 Å². The summed E-state index contributed by atoms with van der Waals surface area (Å²) in [6.07, 6.45) is 0.316. The molecule has 6 nitrogen and oxygen atoms in total. The smallest absolute Gasteiger partial charge is 0.293 e. The molecule has 2 N–H and O–H groups in total. The van der Waals surface area contributed by atoms with Crippen LogP contribution in [0.15, 0.2) is 35.3 Å². The Kier molecular flexibility index (Phi) is 2.75. The molecule has 5 atom stereocenters. The second-order valence-corrected chi connectivity index (χ2v) is 7.04. The number of aliphatic imine (C=N–C) groups is 1. The van der Waals surface area contributed by atoms with Crippen molar-refractivity contribution >= 4 is 5.84 Å². The van der Waals surface area contributed by atoms with Crippen LogP contribution in [0, 0.1) is 38.9 Å². The van der Waals surface area contributed by atoms with E-state index in [2.05, 4.69) is 17.1 Å². The molecule has 24 heavy (non-hydrogen) atoms. The number of nitrogens with zero attached hydrogens (tertiary/aromatic N) is 3. The number of nitrogens with two attached hydrogens (primary N) is 1. The van der Waals surface area contributed by atoms with E-state index in [-0.39, 0.29) is 11.9 Å². The molecule has 2 fully saturated rings. The number of benzene rings is 1. The van der Waals surface area contributed by atoms with Gasteiger partial charge in [-0.3, -0.25) is 0 Å². The molecule has 1 saturated carbocycles. The van der Waals surface area contributed by atoms with Gasteiger partial charge in [0.15, 0.2) is 5.41 Å². The number of fused-ring (bicyclic) bond motifs is 2. The minimum Gasteiger partial charge on any atom is -0.386 e. The molecule has 0 bridgehead atoms. The Balaban J connectivity index is 1.87. The lowest BCUT2D eigenvalue weighted by molar-refractivity contribution is -0.199. The molecule has 1 aromatic carbocycles. The van der Waals surface area contributed by atoms with Crippen LogP contribution in [0.4, 0.5) is 0 Å². The lowest BCUT2D eigenvalue weighted by Crippen LogP contribution is -2.41. The van der Waals surface area contributed by atoms with Gasteiger partial charge >= 0.3 is 0 Å². The summed E-state index contributed by atoms with van der Waals surface area (Å²) in [5.74, 6) is -1.34. The number of hydrogen-bond donors (Lipinski definition) is 1. The first-order valence-electron chi connectivity index (χ1n) is 7.97. The fourth-order valence-corrected chi connectivity index (χ4v) is 4.81. The Morgan fingerprint density at radius 3 is 2.54 bits per heavy atom. The van der Waals surface area contributed by atoms with Gasteiger partial charge in [0, 0.05) is 5.41 Å². The molecule has 0 amide bonds. The largest absolute Gasteiger partial charge is 0.386 e. The SMILES string of the molecule is C[C@@H]1CO[C@@]2(N=C(N)[C@@]3(C#N)[C@](C)(Cc4ccccc4)[C@@]23C#N)O1. The molecular formula is C18H18N4O2. The minimum atomic E-state index is -1.48. The van der Waals surface area contributed by atoms with Crippen LogP contribution in [0.25, 0.3) is 0 Å². The van der Waals surface area contributed by atoms with Crippen molar-refractivity contribution < 1.29 is 9.47 Å². The van der Waals surface area contributed by atoms with E-state index < -0.39 is 22.2 Å². The van der Waals surface area contributed by atoms with Crippen molar-refractivity contribution in [1.82, 2.24) is 0 Å². The van der Waals surface area contributed by atoms with Crippen molar-refractivity contribution in [2.45, 2.75) is 32.3 Å². The lowest BCUT2D eigenvalue weighted by Gasteiger charge is -2.29. The maximum absolute atomic E-state index is 10.1. The zero-order valence-corrected chi connectivity index (χ0v) is 13.6. The number of rotatable bonds is 2. The molecule has 1 saturated heterocycles. The van der Waals surface area contributed by atoms with Crippen LogP contribution in [0.3, 0.4) is 0 Å². The Hall–Kier alpha value is -2.41. The maximum Gasteiger partial charge on any atom is 0.293 e. The normalized spacial score (nSPS) is 45.3. The van der Waals surface area contributed by atoms with Crippen LogP contribution >= 0.6 is 0 Å². The predicted molar refractivity (Wildman–Crippen MR) is 85.2 cm³/mol. The number of hydrogen-bond acceptors (Lipinski definition) is 6. The third-order valence-electron chi connectivity index (χ3n) is 5.89. The summed E-state index contributed by atoms with van der Waals surface area (Å²) in [5, 5.41) is 20.1. The van der Waals surface area contributed by atoms with E-state index >= 15 is 0 Å². The summed E-state index contributed by atoms with van der Waals surface area (Å²) in [6.45, 7) is 4.09. The fourth-order valence-electron chi connectivity index (χ4n) is 4.81. The Bertz CT molecular complexity index is 826. The second kappa shape index (κ2) is 4.36. The first-order chi connectivity index (χ1) is 11.4. The van der Waals surface area contributed by atoms with Crippen molar-refractivity contribution in [3.63, 3.8) is 0 Å². The van der Waals surface area contributed by atoms with Crippen molar-refractivity contribution in [2.24, 2.45) is 27.0 Å². The van der Waals surface area contributed by atoms with Gasteiger partial charge in [0.05, 0.1) is 24.8 Å². The maximum atomic E-state index is 10.1. The predicted octanol–water partition coefficient (Wildman–Crippen LogP) is 1.73. The van der Waals surface area contributed by atoms with Gasteiger partial charge in [-0.2, -0.15) is 10.5 Å². The minimum absolute atomic E-state index is 0.138. The zero-order chi connectivity index (χ0) is 17.2. The van der Waals surface area contributed by atoms with Gasteiger partial charge in [0.25, 0.3) is 5.91 Å². The van der Waals surface area contributed by atoms with Crippen LogP contribution in [-0.4, -0.2) is 24.5 Å². The van der Waals surface area contributed by atoms with Crippen LogP contribution < -0.4 is 5.73 Å². The van der Waals surface area contributed by atoms with Crippen LogP contribution in [-0.2, 0) is 15.9 Å². The Morgan fingerprint density at radius 1 is 1.29 bits per heavy atom. The zero-order valence-electron chi connectivity index (χ0n) is 13.6. The van der Waals surface area contributed by atoms with Crippen molar-refractivity contribution in [3.8, 4) is 12.1 Å². The van der Waals surface area contributed by atoms with Crippen molar-refractivity contribution in [1.29, 1.82) is 10.5 Å². The van der Waals surface area contributed by atoms with Crippen molar-refractivity contribution in [2.75, 3.05) is 6.61 Å². The molecule has 6 heteroatoms. The number of ether oxygens (including phenoxy) is 2. The van der Waals surface area contributed by atoms with Crippen molar-refractivity contribution in [3.05, 3.63) is 35.9 Å². The molecular weight excluding hydrogens is 304 g/mol. The van der Waals surface area contributed by atoms with Crippen LogP contribution in [0.2, 0.25) is 0 Å². The molecule has 0 aromatic heterocycles. The lowest BCUT2D eigenvalue weighted by atomic mass is 9.85. The van der Waals surface area contributed by atoms with E-state index in [4.69, 9.17) is 15.2 Å². The van der Waals surface area contributed by atoms with Gasteiger partial charge in [-0.25, -0.2) is 4.99 Å². The third-order valence-corrected chi connectivity index (χ3v) is 5.89. The topological polar surface area (TPSA) is 104 Å². The van der Waals surface area contributed by atoms with E-state index in [1.54, 1.807) is 0 Å². The first kappa shape index (κ1) is 15.1. The highest BCUT2D eigenvalue weighted by Crippen LogP contribution is 2.86. The van der Waals surface area contributed by atoms with E-state index in [9.17, 15) is 10.5 Å². The standard InChI is InChI=1S/C18H18N4O2/c1-12-9-23-18(24-12)17(11-20)15(2,8-13-6-4-3-5-7-13)16(17,10-19)14(21)22-18/h3-7,12H,8-9H2,1-2H3,(H2,21,22)/t12-,15+,16+,17-,18-/m1/s1. The summed E-state index contributed by atoms with van der Waals surface area (Å²) in [4.78, 5) is 4.33. The summed E-state index contributed by atoms with van der Waals surface area (Å²) < 4.78 is 11.8. The fraction of sp³-hybridized carbons (Fsp3) is 0.500. The van der Waals surface area contributed by atoms with Gasteiger partial charge in [0.1, 0.15) is 11.3 Å². The molecule has 1 aliphatic carbocycles. The molecule has 2 heterocycles. The highest BCUT2D eigenvalue weighted by Gasteiger charge is 2.99. The van der Waals surface area contributed by atoms with E-state index in [1.165, 1.54) is 0 Å².